The number of amides is 1. The number of hydrazine groups is 1. The Morgan fingerprint density at radius 3 is 2.81 bits per heavy atom. The molecule has 0 aliphatic heterocycles. The van der Waals surface area contributed by atoms with Crippen LogP contribution in [0.15, 0.2) is 30.6 Å². The highest BCUT2D eigenvalue weighted by Crippen LogP contribution is 2.21. The topological polar surface area (TPSA) is 92.9 Å². The average Bonchev–Trinajstić information content (AvgIpc) is 2.49. The van der Waals surface area contributed by atoms with Gasteiger partial charge < -0.3 is 10.7 Å². The van der Waals surface area contributed by atoms with Crippen molar-refractivity contribution in [2.75, 3.05) is 12.0 Å². The van der Waals surface area contributed by atoms with E-state index in [-0.39, 0.29) is 11.6 Å². The Morgan fingerprint density at radius 2 is 2.10 bits per heavy atom. The Kier molecular flexibility index (Phi) is 5.32. The van der Waals surface area contributed by atoms with Crippen molar-refractivity contribution in [3.05, 3.63) is 51.9 Å². The van der Waals surface area contributed by atoms with Crippen LogP contribution >= 0.6 is 23.2 Å². The second-order valence-electron chi connectivity index (χ2n) is 4.18. The van der Waals surface area contributed by atoms with Gasteiger partial charge in [-0.25, -0.2) is 10.8 Å². The number of nitrogens with one attached hydrogen (secondary N) is 2. The third-order valence-corrected chi connectivity index (χ3v) is 3.30. The predicted octanol–water partition coefficient (Wildman–Crippen LogP) is 2.04. The van der Waals surface area contributed by atoms with Crippen molar-refractivity contribution < 1.29 is 4.79 Å². The minimum atomic E-state index is -0.329. The molecule has 4 N–H and O–H groups in total. The molecule has 2 rings (SSSR count). The molecule has 8 heteroatoms. The van der Waals surface area contributed by atoms with Crippen molar-refractivity contribution in [3.8, 4) is 0 Å². The van der Waals surface area contributed by atoms with Crippen LogP contribution in [0.4, 0.5) is 5.82 Å². The van der Waals surface area contributed by atoms with Crippen molar-refractivity contribution in [2.45, 2.75) is 6.42 Å². The summed E-state index contributed by atoms with van der Waals surface area (Å²) in [6, 6.07) is 5.25. The second-order valence-corrected chi connectivity index (χ2v) is 5.02. The van der Waals surface area contributed by atoms with Gasteiger partial charge >= 0.3 is 0 Å². The highest BCUT2D eigenvalue weighted by atomic mass is 35.5. The van der Waals surface area contributed by atoms with E-state index in [2.05, 4.69) is 20.7 Å². The zero-order chi connectivity index (χ0) is 15.2. The van der Waals surface area contributed by atoms with Crippen molar-refractivity contribution in [1.82, 2.24) is 15.3 Å². The molecule has 0 radical (unpaired) electrons. The van der Waals surface area contributed by atoms with Crippen LogP contribution in [0, 0.1) is 0 Å². The Labute approximate surface area is 131 Å². The molecule has 110 valence electrons. The molecule has 0 unspecified atom stereocenters. The van der Waals surface area contributed by atoms with E-state index in [9.17, 15) is 4.79 Å². The number of aromatic nitrogens is 2. The fourth-order valence-corrected chi connectivity index (χ4v) is 2.17. The number of benzene rings is 1. The van der Waals surface area contributed by atoms with Gasteiger partial charge in [-0.15, -0.1) is 0 Å². The first-order chi connectivity index (χ1) is 10.1. The molecule has 21 heavy (non-hydrogen) atoms. The number of anilines is 1. The largest absolute Gasteiger partial charge is 0.350 e. The lowest BCUT2D eigenvalue weighted by Gasteiger charge is -2.07. The lowest BCUT2D eigenvalue weighted by atomic mass is 10.1. The van der Waals surface area contributed by atoms with Crippen LogP contribution in [0.5, 0.6) is 0 Å². The minimum Gasteiger partial charge on any atom is -0.350 e. The van der Waals surface area contributed by atoms with E-state index in [1.807, 2.05) is 6.07 Å². The quantitative estimate of drug-likeness (QED) is 0.577. The van der Waals surface area contributed by atoms with E-state index >= 15 is 0 Å². The molecule has 2 aromatic rings. The summed E-state index contributed by atoms with van der Waals surface area (Å²) in [5.74, 6) is 5.21. The Bertz CT molecular complexity index is 650. The van der Waals surface area contributed by atoms with Crippen LogP contribution < -0.4 is 16.6 Å². The van der Waals surface area contributed by atoms with Crippen LogP contribution in [-0.2, 0) is 6.42 Å². The summed E-state index contributed by atoms with van der Waals surface area (Å²) >= 11 is 11.9. The summed E-state index contributed by atoms with van der Waals surface area (Å²) in [4.78, 5) is 19.8. The Hall–Kier alpha value is -1.89. The first-order valence-electron chi connectivity index (χ1n) is 6.11. The fraction of sp³-hybridized carbons (Fsp3) is 0.154. The monoisotopic (exact) mass is 325 g/mol. The lowest BCUT2D eigenvalue weighted by Crippen LogP contribution is -2.27. The summed E-state index contributed by atoms with van der Waals surface area (Å²) < 4.78 is 0. The third-order valence-electron chi connectivity index (χ3n) is 2.71. The van der Waals surface area contributed by atoms with E-state index in [4.69, 9.17) is 29.0 Å². The molecule has 0 bridgehead atoms. The van der Waals surface area contributed by atoms with E-state index in [0.717, 1.165) is 5.56 Å². The van der Waals surface area contributed by atoms with Gasteiger partial charge in [0.2, 0.25) is 0 Å². The molecule has 0 aliphatic carbocycles. The van der Waals surface area contributed by atoms with E-state index in [1.54, 1.807) is 12.1 Å². The van der Waals surface area contributed by atoms with Crippen molar-refractivity contribution in [2.24, 2.45) is 5.84 Å². The third kappa shape index (κ3) is 4.29. The molecule has 0 atom stereocenters. The van der Waals surface area contributed by atoms with Gasteiger partial charge in [0.25, 0.3) is 5.91 Å². The van der Waals surface area contributed by atoms with Gasteiger partial charge in [0.15, 0.2) is 5.82 Å². The van der Waals surface area contributed by atoms with Crippen LogP contribution in [0.1, 0.15) is 16.1 Å². The number of hydrogen-bond donors (Lipinski definition) is 3. The number of carbonyl (C=O) groups excluding carboxylic acids is 1. The highest BCUT2D eigenvalue weighted by molar-refractivity contribution is 6.35. The summed E-state index contributed by atoms with van der Waals surface area (Å²) in [7, 11) is 0. The number of carbonyl (C=O) groups is 1. The zero-order valence-corrected chi connectivity index (χ0v) is 12.4. The molecule has 0 saturated heterocycles. The highest BCUT2D eigenvalue weighted by Gasteiger charge is 2.08. The van der Waals surface area contributed by atoms with E-state index < -0.39 is 0 Å². The van der Waals surface area contributed by atoms with Crippen LogP contribution in [0.3, 0.4) is 0 Å². The second kappa shape index (κ2) is 7.21. The molecule has 0 saturated carbocycles. The molecule has 1 aromatic carbocycles. The number of halogens is 2. The Morgan fingerprint density at radius 1 is 1.29 bits per heavy atom. The first kappa shape index (κ1) is 15.5. The Balaban J connectivity index is 1.92. The standard InChI is InChI=1S/C13H13Cl2N5O/c14-9-2-1-8(10(15)5-9)3-4-18-13(21)11-6-17-7-12(19-11)20-16/h1-2,5-7H,3-4,16H2,(H,18,21)(H,19,20). The van der Waals surface area contributed by atoms with Gasteiger partial charge in [0.1, 0.15) is 5.69 Å². The molecule has 1 heterocycles. The molecule has 0 fully saturated rings. The fourth-order valence-electron chi connectivity index (χ4n) is 1.67. The summed E-state index contributed by atoms with van der Waals surface area (Å²) in [5, 5.41) is 3.89. The molecule has 1 aromatic heterocycles. The van der Waals surface area contributed by atoms with Gasteiger partial charge in [-0.2, -0.15) is 0 Å². The normalized spacial score (nSPS) is 10.2. The lowest BCUT2D eigenvalue weighted by molar-refractivity contribution is 0.0949. The van der Waals surface area contributed by atoms with E-state index in [0.29, 0.717) is 28.8 Å². The number of nitrogens with two attached hydrogens (primary N) is 1. The van der Waals surface area contributed by atoms with Crippen LogP contribution in [0.2, 0.25) is 10.0 Å². The van der Waals surface area contributed by atoms with Gasteiger partial charge in [-0.1, -0.05) is 29.3 Å². The molecule has 0 aliphatic rings. The van der Waals surface area contributed by atoms with Crippen molar-refractivity contribution in [3.63, 3.8) is 0 Å². The van der Waals surface area contributed by atoms with Crippen LogP contribution in [-0.4, -0.2) is 22.4 Å². The predicted molar refractivity (Wildman–Crippen MR) is 82.3 cm³/mol. The smallest absolute Gasteiger partial charge is 0.271 e. The maximum atomic E-state index is 11.9. The molecular weight excluding hydrogens is 313 g/mol. The van der Waals surface area contributed by atoms with Crippen LogP contribution in [0.25, 0.3) is 0 Å². The maximum Gasteiger partial charge on any atom is 0.271 e. The average molecular weight is 326 g/mol. The van der Waals surface area contributed by atoms with Gasteiger partial charge in [-0.05, 0) is 24.1 Å². The molecular formula is C13H13Cl2N5O. The number of nitrogens with zero attached hydrogens (tertiary/aromatic N) is 2. The van der Waals surface area contributed by atoms with E-state index in [1.165, 1.54) is 12.4 Å². The molecule has 1 amide bonds. The van der Waals surface area contributed by atoms with Gasteiger partial charge in [0.05, 0.1) is 12.4 Å². The molecule has 0 spiro atoms. The minimum absolute atomic E-state index is 0.188. The summed E-state index contributed by atoms with van der Waals surface area (Å²) in [6.07, 6.45) is 3.37. The van der Waals surface area contributed by atoms with Gasteiger partial charge in [-0.3, -0.25) is 9.78 Å². The molecule has 6 nitrogen and oxygen atoms in total. The summed E-state index contributed by atoms with van der Waals surface area (Å²) in [5.41, 5.74) is 3.43. The SMILES string of the molecule is NNc1cncc(C(=O)NCCc2ccc(Cl)cc2Cl)n1. The van der Waals surface area contributed by atoms with Gasteiger partial charge in [0, 0.05) is 16.6 Å². The van der Waals surface area contributed by atoms with Crippen molar-refractivity contribution >= 4 is 34.9 Å². The van der Waals surface area contributed by atoms with Crippen molar-refractivity contribution in [1.29, 1.82) is 0 Å². The number of hydrogen-bond acceptors (Lipinski definition) is 5. The first-order valence-corrected chi connectivity index (χ1v) is 6.86. The maximum absolute atomic E-state index is 11.9. The summed E-state index contributed by atoms with van der Waals surface area (Å²) in [6.45, 7) is 0.419. The number of nitrogen functional groups attached to an aromatic ring is 1. The number of rotatable bonds is 5. The zero-order valence-electron chi connectivity index (χ0n) is 10.9.